The van der Waals surface area contributed by atoms with E-state index in [1.54, 1.807) is 30.3 Å². The van der Waals surface area contributed by atoms with Crippen molar-refractivity contribution in [2.75, 3.05) is 0 Å². The van der Waals surface area contributed by atoms with Crippen LogP contribution in [0.4, 0.5) is 13.2 Å². The molecule has 0 amide bonds. The predicted octanol–water partition coefficient (Wildman–Crippen LogP) is 1.48. The second kappa shape index (κ2) is 4.63. The average Bonchev–Trinajstić information content (AvgIpc) is 2.16. The summed E-state index contributed by atoms with van der Waals surface area (Å²) < 4.78 is 36.2. The van der Waals surface area contributed by atoms with Crippen LogP contribution in [0.15, 0.2) is 30.3 Å². The SMILES string of the molecule is NC(Cc1ccccc1)[C@@H](O)C(F)(F)F. The first kappa shape index (κ1) is 12.0. The van der Waals surface area contributed by atoms with Gasteiger partial charge < -0.3 is 10.8 Å². The van der Waals surface area contributed by atoms with Gasteiger partial charge in [0, 0.05) is 6.04 Å². The molecule has 0 saturated heterocycles. The Labute approximate surface area is 85.5 Å². The van der Waals surface area contributed by atoms with E-state index in [-0.39, 0.29) is 6.42 Å². The molecular weight excluding hydrogens is 207 g/mol. The van der Waals surface area contributed by atoms with Crippen LogP contribution in [-0.2, 0) is 6.42 Å². The summed E-state index contributed by atoms with van der Waals surface area (Å²) in [6, 6.07) is 7.19. The first-order valence-electron chi connectivity index (χ1n) is 4.45. The van der Waals surface area contributed by atoms with Crippen LogP contribution in [0, 0.1) is 0 Å². The minimum absolute atomic E-state index is 0.00150. The summed E-state index contributed by atoms with van der Waals surface area (Å²) >= 11 is 0. The third-order valence-electron chi connectivity index (χ3n) is 2.06. The first-order chi connectivity index (χ1) is 6.91. The summed E-state index contributed by atoms with van der Waals surface area (Å²) in [6.45, 7) is 0. The number of aliphatic hydroxyl groups excluding tert-OH is 1. The number of halogens is 3. The van der Waals surface area contributed by atoms with Crippen LogP contribution in [0.3, 0.4) is 0 Å². The van der Waals surface area contributed by atoms with Crippen molar-refractivity contribution in [3.8, 4) is 0 Å². The molecule has 0 heterocycles. The van der Waals surface area contributed by atoms with Gasteiger partial charge in [-0.1, -0.05) is 30.3 Å². The minimum atomic E-state index is -4.66. The Morgan fingerprint density at radius 2 is 1.73 bits per heavy atom. The zero-order chi connectivity index (χ0) is 11.5. The molecular formula is C10H12F3NO. The van der Waals surface area contributed by atoms with Crippen molar-refractivity contribution < 1.29 is 18.3 Å². The highest BCUT2D eigenvalue weighted by Crippen LogP contribution is 2.22. The lowest BCUT2D eigenvalue weighted by atomic mass is 10.0. The number of hydrogen-bond donors (Lipinski definition) is 2. The largest absolute Gasteiger partial charge is 0.415 e. The molecule has 0 spiro atoms. The predicted molar refractivity (Wildman–Crippen MR) is 50.2 cm³/mol. The summed E-state index contributed by atoms with van der Waals surface area (Å²) in [5.74, 6) is 0. The molecule has 0 aliphatic heterocycles. The average molecular weight is 219 g/mol. The summed E-state index contributed by atoms with van der Waals surface area (Å²) in [7, 11) is 0. The van der Waals surface area contributed by atoms with E-state index in [1.807, 2.05) is 0 Å². The van der Waals surface area contributed by atoms with Crippen LogP contribution >= 0.6 is 0 Å². The Morgan fingerprint density at radius 1 is 1.20 bits per heavy atom. The molecule has 3 N–H and O–H groups in total. The maximum Gasteiger partial charge on any atom is 0.415 e. The van der Waals surface area contributed by atoms with Crippen LogP contribution < -0.4 is 5.73 Å². The lowest BCUT2D eigenvalue weighted by Crippen LogP contribution is -2.46. The van der Waals surface area contributed by atoms with E-state index < -0.39 is 18.3 Å². The molecule has 0 bridgehead atoms. The maximum absolute atomic E-state index is 12.1. The summed E-state index contributed by atoms with van der Waals surface area (Å²) in [6.07, 6.45) is -7.13. The topological polar surface area (TPSA) is 46.2 Å². The Hall–Kier alpha value is -1.07. The van der Waals surface area contributed by atoms with Gasteiger partial charge in [-0.2, -0.15) is 13.2 Å². The van der Waals surface area contributed by atoms with E-state index >= 15 is 0 Å². The second-order valence-electron chi connectivity index (χ2n) is 3.34. The number of hydrogen-bond acceptors (Lipinski definition) is 2. The van der Waals surface area contributed by atoms with Crippen molar-refractivity contribution in [3.63, 3.8) is 0 Å². The molecule has 0 radical (unpaired) electrons. The number of aliphatic hydroxyl groups is 1. The smallest absolute Gasteiger partial charge is 0.382 e. The monoisotopic (exact) mass is 219 g/mol. The molecule has 1 aromatic carbocycles. The van der Waals surface area contributed by atoms with Crippen LogP contribution in [0.25, 0.3) is 0 Å². The molecule has 0 aliphatic carbocycles. The van der Waals surface area contributed by atoms with Gasteiger partial charge in [0.25, 0.3) is 0 Å². The molecule has 1 rings (SSSR count). The number of benzene rings is 1. The van der Waals surface area contributed by atoms with Crippen molar-refractivity contribution in [1.82, 2.24) is 0 Å². The molecule has 0 aliphatic rings. The van der Waals surface area contributed by atoms with Crippen molar-refractivity contribution >= 4 is 0 Å². The Balaban J connectivity index is 2.60. The van der Waals surface area contributed by atoms with E-state index in [9.17, 15) is 13.2 Å². The van der Waals surface area contributed by atoms with Gasteiger partial charge in [0.1, 0.15) is 0 Å². The first-order valence-corrected chi connectivity index (χ1v) is 4.45. The van der Waals surface area contributed by atoms with Gasteiger partial charge in [-0.3, -0.25) is 0 Å². The third-order valence-corrected chi connectivity index (χ3v) is 2.06. The van der Waals surface area contributed by atoms with Crippen molar-refractivity contribution in [3.05, 3.63) is 35.9 Å². The van der Waals surface area contributed by atoms with E-state index in [4.69, 9.17) is 10.8 Å². The van der Waals surface area contributed by atoms with Gasteiger partial charge in [-0.05, 0) is 12.0 Å². The van der Waals surface area contributed by atoms with Gasteiger partial charge in [0.2, 0.25) is 0 Å². The molecule has 0 saturated carbocycles. The minimum Gasteiger partial charge on any atom is -0.382 e. The zero-order valence-corrected chi connectivity index (χ0v) is 7.91. The van der Waals surface area contributed by atoms with Gasteiger partial charge >= 0.3 is 6.18 Å². The van der Waals surface area contributed by atoms with Gasteiger partial charge in [0.05, 0.1) is 0 Å². The van der Waals surface area contributed by atoms with Gasteiger partial charge in [-0.15, -0.1) is 0 Å². The number of alkyl halides is 3. The van der Waals surface area contributed by atoms with Crippen molar-refractivity contribution in [1.29, 1.82) is 0 Å². The lowest BCUT2D eigenvalue weighted by Gasteiger charge is -2.21. The van der Waals surface area contributed by atoms with Crippen LogP contribution in [0.2, 0.25) is 0 Å². The number of nitrogens with two attached hydrogens (primary N) is 1. The molecule has 0 fully saturated rings. The Kier molecular flexibility index (Phi) is 3.71. The van der Waals surface area contributed by atoms with Crippen LogP contribution in [0.5, 0.6) is 0 Å². The molecule has 1 unspecified atom stereocenters. The third kappa shape index (κ3) is 3.53. The second-order valence-corrected chi connectivity index (χ2v) is 3.34. The van der Waals surface area contributed by atoms with Gasteiger partial charge in [0.15, 0.2) is 6.10 Å². The standard InChI is InChI=1S/C10H12F3NO/c11-10(12,13)9(15)8(14)6-7-4-2-1-3-5-7/h1-5,8-9,15H,6,14H2/t8?,9-/m1/s1. The molecule has 0 aromatic heterocycles. The molecule has 2 nitrogen and oxygen atoms in total. The molecule has 15 heavy (non-hydrogen) atoms. The van der Waals surface area contributed by atoms with Crippen molar-refractivity contribution in [2.24, 2.45) is 5.73 Å². The lowest BCUT2D eigenvalue weighted by molar-refractivity contribution is -0.209. The van der Waals surface area contributed by atoms with E-state index in [0.717, 1.165) is 0 Å². The fourth-order valence-corrected chi connectivity index (χ4v) is 1.24. The molecule has 2 atom stereocenters. The number of rotatable bonds is 3. The van der Waals surface area contributed by atoms with Gasteiger partial charge in [-0.25, -0.2) is 0 Å². The Morgan fingerprint density at radius 3 is 2.20 bits per heavy atom. The highest BCUT2D eigenvalue weighted by Gasteiger charge is 2.41. The maximum atomic E-state index is 12.1. The quantitative estimate of drug-likeness (QED) is 0.808. The highest BCUT2D eigenvalue weighted by atomic mass is 19.4. The van der Waals surface area contributed by atoms with Crippen molar-refractivity contribution in [2.45, 2.75) is 24.7 Å². The fourth-order valence-electron chi connectivity index (χ4n) is 1.24. The summed E-state index contributed by atoms with van der Waals surface area (Å²) in [5.41, 5.74) is 5.94. The fraction of sp³-hybridized carbons (Fsp3) is 0.400. The summed E-state index contributed by atoms with van der Waals surface area (Å²) in [5, 5.41) is 8.87. The molecule has 84 valence electrons. The van der Waals surface area contributed by atoms with Crippen LogP contribution in [0.1, 0.15) is 5.56 Å². The molecule has 5 heteroatoms. The summed E-state index contributed by atoms with van der Waals surface area (Å²) in [4.78, 5) is 0. The normalized spacial score (nSPS) is 16.1. The highest BCUT2D eigenvalue weighted by molar-refractivity contribution is 5.16. The molecule has 1 aromatic rings. The van der Waals surface area contributed by atoms with Crippen LogP contribution in [-0.4, -0.2) is 23.4 Å². The Bertz CT molecular complexity index is 299. The zero-order valence-electron chi connectivity index (χ0n) is 7.91. The van der Waals surface area contributed by atoms with E-state index in [2.05, 4.69) is 0 Å². The van der Waals surface area contributed by atoms with E-state index in [1.165, 1.54) is 0 Å². The van der Waals surface area contributed by atoms with E-state index in [0.29, 0.717) is 5.56 Å².